The minimum atomic E-state index is -0.921. The molecule has 0 aromatic rings. The Morgan fingerprint density at radius 1 is 1.69 bits per heavy atom. The maximum atomic E-state index is 10.5. The topological polar surface area (TPSA) is 63.6 Å². The zero-order chi connectivity index (χ0) is 9.68. The Balaban J connectivity index is 2.29. The first-order chi connectivity index (χ1) is 6.22. The molecule has 0 spiro atoms. The third-order valence-corrected chi connectivity index (χ3v) is 2.22. The van der Waals surface area contributed by atoms with E-state index in [-0.39, 0.29) is 18.4 Å². The van der Waals surface area contributed by atoms with E-state index in [9.17, 15) is 9.59 Å². The molecule has 4 heteroatoms. The van der Waals surface area contributed by atoms with Gasteiger partial charge < -0.3 is 14.6 Å². The van der Waals surface area contributed by atoms with Crippen LogP contribution in [-0.4, -0.2) is 30.1 Å². The first-order valence-corrected chi connectivity index (χ1v) is 4.51. The van der Waals surface area contributed by atoms with Crippen molar-refractivity contribution in [2.45, 2.75) is 31.8 Å². The maximum absolute atomic E-state index is 10.5. The molecule has 4 nitrogen and oxygen atoms in total. The summed E-state index contributed by atoms with van der Waals surface area (Å²) >= 11 is 0. The first kappa shape index (κ1) is 10.2. The van der Waals surface area contributed by atoms with E-state index in [1.807, 2.05) is 0 Å². The number of carboxylic acids is 1. The second kappa shape index (κ2) is 4.97. The molecule has 0 saturated carbocycles. The van der Waals surface area contributed by atoms with Crippen LogP contribution < -0.4 is 0 Å². The minimum absolute atomic E-state index is 0.0800. The van der Waals surface area contributed by atoms with Gasteiger partial charge in [0.2, 0.25) is 0 Å². The van der Waals surface area contributed by atoms with Gasteiger partial charge in [0.15, 0.2) is 0 Å². The van der Waals surface area contributed by atoms with E-state index in [2.05, 4.69) is 0 Å². The zero-order valence-electron chi connectivity index (χ0n) is 7.44. The summed E-state index contributed by atoms with van der Waals surface area (Å²) in [6, 6.07) is 0. The third-order valence-electron chi connectivity index (χ3n) is 2.22. The molecule has 1 rings (SSSR count). The maximum Gasteiger partial charge on any atom is 0.304 e. The van der Waals surface area contributed by atoms with Gasteiger partial charge in [-0.15, -0.1) is 0 Å². The van der Waals surface area contributed by atoms with E-state index < -0.39 is 5.97 Å². The molecular formula is C9H14O4. The fraction of sp³-hybridized carbons (Fsp3) is 0.778. The van der Waals surface area contributed by atoms with Crippen molar-refractivity contribution in [3.63, 3.8) is 0 Å². The van der Waals surface area contributed by atoms with Crippen molar-refractivity contribution in [3.05, 3.63) is 0 Å². The molecule has 74 valence electrons. The lowest BCUT2D eigenvalue weighted by atomic mass is 9.98. The van der Waals surface area contributed by atoms with Gasteiger partial charge in [-0.25, -0.2) is 0 Å². The van der Waals surface area contributed by atoms with Gasteiger partial charge in [-0.1, -0.05) is 0 Å². The van der Waals surface area contributed by atoms with Gasteiger partial charge in [0.25, 0.3) is 0 Å². The van der Waals surface area contributed by atoms with Gasteiger partial charge in [0, 0.05) is 12.5 Å². The monoisotopic (exact) mass is 186 g/mol. The van der Waals surface area contributed by atoms with E-state index >= 15 is 0 Å². The summed E-state index contributed by atoms with van der Waals surface area (Å²) in [6.45, 7) is 0.739. The number of carbonyl (C=O) groups is 2. The van der Waals surface area contributed by atoms with E-state index in [1.165, 1.54) is 0 Å². The molecule has 2 unspecified atom stereocenters. The molecule has 1 aliphatic heterocycles. The van der Waals surface area contributed by atoms with Crippen molar-refractivity contribution in [1.29, 1.82) is 0 Å². The predicted molar refractivity (Wildman–Crippen MR) is 45.4 cm³/mol. The normalized spacial score (nSPS) is 24.2. The summed E-state index contributed by atoms with van der Waals surface area (Å²) in [7, 11) is 0. The van der Waals surface area contributed by atoms with Crippen molar-refractivity contribution in [1.82, 2.24) is 0 Å². The molecule has 1 heterocycles. The fourth-order valence-corrected chi connectivity index (χ4v) is 1.58. The Hall–Kier alpha value is -0.900. The van der Waals surface area contributed by atoms with E-state index in [1.54, 1.807) is 0 Å². The van der Waals surface area contributed by atoms with Gasteiger partial charge in [0.05, 0.1) is 12.5 Å². The summed E-state index contributed by atoms with van der Waals surface area (Å²) in [5, 5.41) is 8.49. The van der Waals surface area contributed by atoms with E-state index in [4.69, 9.17) is 9.84 Å². The molecule has 0 bridgehead atoms. The predicted octanol–water partition coefficient (Wildman–Crippen LogP) is 0.845. The van der Waals surface area contributed by atoms with Crippen LogP contribution in [0, 0.1) is 5.92 Å². The summed E-state index contributed by atoms with van der Waals surface area (Å²) in [6.07, 6.45) is 3.25. The van der Waals surface area contributed by atoms with Crippen molar-refractivity contribution in [2.75, 3.05) is 6.61 Å². The lowest BCUT2D eigenvalue weighted by Gasteiger charge is -2.12. The first-order valence-electron chi connectivity index (χ1n) is 4.51. The number of carboxylic acid groups (broad SMARTS) is 1. The Bertz CT molecular complexity index is 184. The van der Waals surface area contributed by atoms with Crippen LogP contribution >= 0.6 is 0 Å². The molecule has 13 heavy (non-hydrogen) atoms. The van der Waals surface area contributed by atoms with Crippen LogP contribution in [-0.2, 0) is 14.3 Å². The van der Waals surface area contributed by atoms with Crippen LogP contribution in [0.15, 0.2) is 0 Å². The summed E-state index contributed by atoms with van der Waals surface area (Å²) in [4.78, 5) is 20.9. The summed E-state index contributed by atoms with van der Waals surface area (Å²) in [5.41, 5.74) is 0. The highest BCUT2D eigenvalue weighted by molar-refractivity contribution is 5.71. The van der Waals surface area contributed by atoms with Gasteiger partial charge in [-0.05, 0) is 19.3 Å². The molecular weight excluding hydrogens is 172 g/mol. The SMILES string of the molecule is O=CC(CC(=O)O)CC1CCCO1. The lowest BCUT2D eigenvalue weighted by Crippen LogP contribution is -2.16. The van der Waals surface area contributed by atoms with Crippen LogP contribution in [0.1, 0.15) is 25.7 Å². The van der Waals surface area contributed by atoms with Crippen LogP contribution in [0.2, 0.25) is 0 Å². The number of carbonyl (C=O) groups excluding carboxylic acids is 1. The van der Waals surface area contributed by atoms with Crippen LogP contribution in [0.25, 0.3) is 0 Å². The smallest absolute Gasteiger partial charge is 0.304 e. The standard InChI is InChI=1S/C9H14O4/c10-6-7(5-9(11)12)4-8-2-1-3-13-8/h6-8H,1-5H2,(H,11,12). The third kappa shape index (κ3) is 3.55. The van der Waals surface area contributed by atoms with Crippen LogP contribution in [0.3, 0.4) is 0 Å². The zero-order valence-corrected chi connectivity index (χ0v) is 7.44. The van der Waals surface area contributed by atoms with E-state index in [0.29, 0.717) is 6.42 Å². The molecule has 0 aliphatic carbocycles. The van der Waals surface area contributed by atoms with Gasteiger partial charge in [-0.2, -0.15) is 0 Å². The molecule has 2 atom stereocenters. The van der Waals surface area contributed by atoms with E-state index in [0.717, 1.165) is 25.7 Å². The number of rotatable bonds is 5. The van der Waals surface area contributed by atoms with Gasteiger partial charge >= 0.3 is 5.97 Å². The van der Waals surface area contributed by atoms with Crippen molar-refractivity contribution >= 4 is 12.3 Å². The van der Waals surface area contributed by atoms with Gasteiger partial charge in [0.1, 0.15) is 6.29 Å². The quantitative estimate of drug-likeness (QED) is 0.646. The molecule has 1 N–H and O–H groups in total. The molecule has 1 aliphatic rings. The highest BCUT2D eigenvalue weighted by atomic mass is 16.5. The second-order valence-electron chi connectivity index (χ2n) is 3.36. The average Bonchev–Trinajstić information content (AvgIpc) is 2.55. The molecule has 0 radical (unpaired) electrons. The molecule has 1 saturated heterocycles. The molecule has 0 aromatic carbocycles. The number of hydrogen-bond acceptors (Lipinski definition) is 3. The van der Waals surface area contributed by atoms with Crippen molar-refractivity contribution < 1.29 is 19.4 Å². The van der Waals surface area contributed by atoms with Crippen LogP contribution in [0.5, 0.6) is 0 Å². The summed E-state index contributed by atoms with van der Waals surface area (Å²) < 4.78 is 5.32. The molecule has 1 fully saturated rings. The number of hydrogen-bond donors (Lipinski definition) is 1. The Morgan fingerprint density at radius 2 is 2.46 bits per heavy atom. The largest absolute Gasteiger partial charge is 0.481 e. The highest BCUT2D eigenvalue weighted by Crippen LogP contribution is 2.20. The number of ether oxygens (including phenoxy) is 1. The summed E-state index contributed by atoms with van der Waals surface area (Å²) in [5.74, 6) is -1.31. The Morgan fingerprint density at radius 3 is 2.92 bits per heavy atom. The average molecular weight is 186 g/mol. The Labute approximate surface area is 76.9 Å². The molecule has 0 aromatic heterocycles. The Kier molecular flexibility index (Phi) is 3.89. The number of aldehydes is 1. The highest BCUT2D eigenvalue weighted by Gasteiger charge is 2.21. The van der Waals surface area contributed by atoms with Crippen molar-refractivity contribution in [3.8, 4) is 0 Å². The van der Waals surface area contributed by atoms with Crippen LogP contribution in [0.4, 0.5) is 0 Å². The van der Waals surface area contributed by atoms with Crippen molar-refractivity contribution in [2.24, 2.45) is 5.92 Å². The fourth-order valence-electron chi connectivity index (χ4n) is 1.58. The minimum Gasteiger partial charge on any atom is -0.481 e. The number of aliphatic carboxylic acids is 1. The lowest BCUT2D eigenvalue weighted by molar-refractivity contribution is -0.139. The molecule has 0 amide bonds. The second-order valence-corrected chi connectivity index (χ2v) is 3.36. The van der Waals surface area contributed by atoms with Gasteiger partial charge in [-0.3, -0.25) is 4.79 Å².